The summed E-state index contributed by atoms with van der Waals surface area (Å²) in [6.07, 6.45) is 0. The third-order valence-electron chi connectivity index (χ3n) is 3.78. The minimum atomic E-state index is -0.251. The molecule has 0 radical (unpaired) electrons. The summed E-state index contributed by atoms with van der Waals surface area (Å²) in [5.41, 5.74) is 2.58. The zero-order valence-corrected chi connectivity index (χ0v) is 15.1. The molecule has 24 heavy (non-hydrogen) atoms. The van der Waals surface area contributed by atoms with Crippen LogP contribution in [0.4, 0.5) is 0 Å². The molecule has 2 heterocycles. The lowest BCUT2D eigenvalue weighted by molar-refractivity contribution is 0.0994. The van der Waals surface area contributed by atoms with E-state index in [0.717, 1.165) is 20.7 Å². The van der Waals surface area contributed by atoms with Gasteiger partial charge in [0.25, 0.3) is 0 Å². The second-order valence-electron chi connectivity index (χ2n) is 5.40. The van der Waals surface area contributed by atoms with Gasteiger partial charge in [0.2, 0.25) is 5.78 Å². The van der Waals surface area contributed by atoms with Gasteiger partial charge in [-0.15, -0.1) is 5.10 Å². The molecule has 2 aromatic carbocycles. The van der Waals surface area contributed by atoms with Crippen LogP contribution in [0.25, 0.3) is 16.8 Å². The van der Waals surface area contributed by atoms with Gasteiger partial charge in [0.1, 0.15) is 0 Å². The number of nitrogens with zero attached hydrogens (tertiary/aromatic N) is 3. The van der Waals surface area contributed by atoms with Crippen LogP contribution in [0, 0.1) is 0 Å². The Morgan fingerprint density at radius 1 is 1.21 bits per heavy atom. The molecule has 0 amide bonds. The van der Waals surface area contributed by atoms with Crippen LogP contribution in [-0.4, -0.2) is 30.6 Å². The maximum Gasteiger partial charge on any atom is 0.231 e. The highest BCUT2D eigenvalue weighted by Crippen LogP contribution is 2.27. The predicted octanol–water partition coefficient (Wildman–Crippen LogP) is 4.34. The van der Waals surface area contributed by atoms with Gasteiger partial charge in [-0.05, 0) is 31.2 Å². The molecule has 0 spiro atoms. The first-order valence-electron chi connectivity index (χ1n) is 7.41. The Labute approximate surface area is 150 Å². The molecule has 1 atom stereocenters. The molecule has 4 rings (SSSR count). The van der Waals surface area contributed by atoms with Crippen LogP contribution >= 0.6 is 27.7 Å². The number of hydrogen-bond donors (Lipinski definition) is 1. The SMILES string of the molecule is C[C@H](Sc1n[nH]c2nc3ccccc3n12)C(=O)c1ccc(Br)cc1. The fraction of sp³-hybridized carbons (Fsp3) is 0.118. The van der Waals surface area contributed by atoms with Crippen LogP contribution < -0.4 is 0 Å². The molecule has 0 aliphatic heterocycles. The maximum absolute atomic E-state index is 12.6. The van der Waals surface area contributed by atoms with E-state index in [1.165, 1.54) is 11.8 Å². The fourth-order valence-corrected chi connectivity index (χ4v) is 3.79. The van der Waals surface area contributed by atoms with Crippen molar-refractivity contribution in [2.75, 3.05) is 0 Å². The number of carbonyl (C=O) groups is 1. The van der Waals surface area contributed by atoms with Gasteiger partial charge < -0.3 is 0 Å². The number of Topliss-reactive ketones (excluding diaryl/α,β-unsaturated/α-hetero) is 1. The van der Waals surface area contributed by atoms with Crippen molar-refractivity contribution in [3.05, 3.63) is 58.6 Å². The highest BCUT2D eigenvalue weighted by Gasteiger charge is 2.20. The van der Waals surface area contributed by atoms with Gasteiger partial charge in [-0.2, -0.15) is 0 Å². The smallest absolute Gasteiger partial charge is 0.231 e. The van der Waals surface area contributed by atoms with Crippen molar-refractivity contribution in [2.24, 2.45) is 0 Å². The number of hydrogen-bond acceptors (Lipinski definition) is 4. The number of imidazole rings is 1. The standard InChI is InChI=1S/C17H13BrN4OS/c1-10(15(23)11-6-8-12(18)9-7-11)24-17-21-20-16-19-13-4-2-3-5-14(13)22(16)17/h2-10H,1H3,(H,19,20)/t10-/m0/s1. The van der Waals surface area contributed by atoms with E-state index in [9.17, 15) is 4.79 Å². The summed E-state index contributed by atoms with van der Waals surface area (Å²) in [6, 6.07) is 15.3. The van der Waals surface area contributed by atoms with Gasteiger partial charge in [-0.25, -0.2) is 10.1 Å². The van der Waals surface area contributed by atoms with Gasteiger partial charge in [-0.1, -0.05) is 52.0 Å². The largest absolute Gasteiger partial charge is 0.293 e. The van der Waals surface area contributed by atoms with Crippen molar-refractivity contribution in [2.45, 2.75) is 17.3 Å². The maximum atomic E-state index is 12.6. The van der Waals surface area contributed by atoms with Crippen LogP contribution in [0.1, 0.15) is 17.3 Å². The van der Waals surface area contributed by atoms with Crippen molar-refractivity contribution >= 4 is 50.3 Å². The molecule has 0 saturated carbocycles. The number of H-pyrrole nitrogens is 1. The van der Waals surface area contributed by atoms with E-state index >= 15 is 0 Å². The van der Waals surface area contributed by atoms with Crippen LogP contribution in [0.15, 0.2) is 58.2 Å². The van der Waals surface area contributed by atoms with Gasteiger partial charge >= 0.3 is 0 Å². The van der Waals surface area contributed by atoms with Crippen molar-refractivity contribution in [3.63, 3.8) is 0 Å². The summed E-state index contributed by atoms with van der Waals surface area (Å²) < 4.78 is 2.91. The number of rotatable bonds is 4. The summed E-state index contributed by atoms with van der Waals surface area (Å²) in [5.74, 6) is 0.759. The normalized spacial score (nSPS) is 12.8. The monoisotopic (exact) mass is 400 g/mol. The highest BCUT2D eigenvalue weighted by molar-refractivity contribution is 9.10. The van der Waals surface area contributed by atoms with E-state index in [2.05, 4.69) is 31.1 Å². The van der Waals surface area contributed by atoms with Crippen molar-refractivity contribution in [1.29, 1.82) is 0 Å². The molecule has 0 bridgehead atoms. The molecule has 4 aromatic rings. The predicted molar refractivity (Wildman–Crippen MR) is 98.6 cm³/mol. The first-order chi connectivity index (χ1) is 11.6. The van der Waals surface area contributed by atoms with Gasteiger partial charge in [0, 0.05) is 10.0 Å². The summed E-state index contributed by atoms with van der Waals surface area (Å²) in [6.45, 7) is 1.90. The van der Waals surface area contributed by atoms with E-state index in [-0.39, 0.29) is 11.0 Å². The Kier molecular flexibility index (Phi) is 3.90. The van der Waals surface area contributed by atoms with E-state index in [0.29, 0.717) is 11.3 Å². The molecule has 0 aliphatic rings. The average molecular weight is 401 g/mol. The highest BCUT2D eigenvalue weighted by atomic mass is 79.9. The summed E-state index contributed by atoms with van der Waals surface area (Å²) in [4.78, 5) is 17.1. The Morgan fingerprint density at radius 3 is 2.75 bits per heavy atom. The number of ketones is 1. The fourth-order valence-electron chi connectivity index (χ4n) is 2.58. The van der Waals surface area contributed by atoms with Crippen LogP contribution in [0.5, 0.6) is 0 Å². The first kappa shape index (κ1) is 15.4. The molecule has 0 fully saturated rings. The van der Waals surface area contributed by atoms with Crippen molar-refractivity contribution < 1.29 is 4.79 Å². The van der Waals surface area contributed by atoms with Crippen LogP contribution in [0.3, 0.4) is 0 Å². The molecule has 7 heteroatoms. The van der Waals surface area contributed by atoms with Gasteiger partial charge in [0.15, 0.2) is 10.9 Å². The minimum absolute atomic E-state index is 0.0769. The third kappa shape index (κ3) is 2.63. The Bertz CT molecular complexity index is 1040. The molecule has 0 aliphatic carbocycles. The third-order valence-corrected chi connectivity index (χ3v) is 5.36. The second-order valence-corrected chi connectivity index (χ2v) is 7.62. The van der Waals surface area contributed by atoms with Crippen molar-refractivity contribution in [3.8, 4) is 0 Å². The summed E-state index contributed by atoms with van der Waals surface area (Å²) >= 11 is 4.81. The van der Waals surface area contributed by atoms with E-state index < -0.39 is 0 Å². The second kappa shape index (κ2) is 6.07. The first-order valence-corrected chi connectivity index (χ1v) is 9.09. The molecule has 1 N–H and O–H groups in total. The van der Waals surface area contributed by atoms with Crippen LogP contribution in [-0.2, 0) is 0 Å². The van der Waals surface area contributed by atoms with Crippen molar-refractivity contribution in [1.82, 2.24) is 19.6 Å². The molecular formula is C17H13BrN4OS. The number of aromatic amines is 1. The van der Waals surface area contributed by atoms with Crippen LogP contribution in [0.2, 0.25) is 0 Å². The number of fused-ring (bicyclic) bond motifs is 3. The summed E-state index contributed by atoms with van der Waals surface area (Å²) in [7, 11) is 0. The quantitative estimate of drug-likeness (QED) is 0.408. The Morgan fingerprint density at radius 2 is 1.96 bits per heavy atom. The van der Waals surface area contributed by atoms with E-state index in [1.54, 1.807) is 0 Å². The molecule has 120 valence electrons. The lowest BCUT2D eigenvalue weighted by Gasteiger charge is -2.09. The number of para-hydroxylation sites is 2. The molecule has 5 nitrogen and oxygen atoms in total. The molecule has 2 aromatic heterocycles. The number of halogens is 1. The molecular weight excluding hydrogens is 388 g/mol. The minimum Gasteiger partial charge on any atom is -0.293 e. The lowest BCUT2D eigenvalue weighted by atomic mass is 10.1. The topological polar surface area (TPSA) is 63.1 Å². The zero-order chi connectivity index (χ0) is 16.7. The Hall–Kier alpha value is -2.12. The summed E-state index contributed by atoms with van der Waals surface area (Å²) in [5, 5.41) is 7.73. The zero-order valence-electron chi connectivity index (χ0n) is 12.7. The van der Waals surface area contributed by atoms with E-state index in [4.69, 9.17) is 0 Å². The van der Waals surface area contributed by atoms with E-state index in [1.807, 2.05) is 59.9 Å². The average Bonchev–Trinajstić information content (AvgIpc) is 3.14. The van der Waals surface area contributed by atoms with Gasteiger partial charge in [-0.3, -0.25) is 9.20 Å². The number of benzene rings is 2. The molecule has 0 unspecified atom stereocenters. The number of carbonyl (C=O) groups excluding carboxylic acids is 1. The molecule has 0 saturated heterocycles. The Balaban J connectivity index is 1.66. The number of thioether (sulfide) groups is 1. The number of nitrogens with one attached hydrogen (secondary N) is 1. The lowest BCUT2D eigenvalue weighted by Crippen LogP contribution is -2.13. The number of aromatic nitrogens is 4. The van der Waals surface area contributed by atoms with Gasteiger partial charge in [0.05, 0.1) is 16.3 Å².